The topological polar surface area (TPSA) is 83.8 Å². The summed E-state index contributed by atoms with van der Waals surface area (Å²) in [6, 6.07) is 10.5. The third kappa shape index (κ3) is 6.73. The van der Waals surface area contributed by atoms with Gasteiger partial charge in [0.05, 0.1) is 16.8 Å². The highest BCUT2D eigenvalue weighted by atomic mass is 35.5. The van der Waals surface area contributed by atoms with Crippen molar-refractivity contribution in [3.8, 4) is 6.19 Å². The average Bonchev–Trinajstić information content (AvgIpc) is 2.76. The van der Waals surface area contributed by atoms with Crippen LogP contribution in [0.2, 0.25) is 10.0 Å². The second-order valence-electron chi connectivity index (χ2n) is 7.66. The van der Waals surface area contributed by atoms with E-state index in [9.17, 15) is 14.4 Å². The largest absolute Gasteiger partial charge is 0.335 e. The number of aliphatic imine (C=N–C) groups is 1. The summed E-state index contributed by atoms with van der Waals surface area (Å²) < 4.78 is 13.4. The molecule has 0 radical (unpaired) electrons. The van der Waals surface area contributed by atoms with E-state index in [2.05, 4.69) is 15.6 Å². The number of benzene rings is 2. The molecule has 0 unspecified atom stereocenters. The summed E-state index contributed by atoms with van der Waals surface area (Å²) in [5.41, 5.74) is 0.999. The first-order valence-electron chi connectivity index (χ1n) is 10.1. The minimum Gasteiger partial charge on any atom is -0.335 e. The van der Waals surface area contributed by atoms with Gasteiger partial charge in [-0.3, -0.25) is 5.32 Å². The Balaban J connectivity index is 0.00000385. The number of anilines is 1. The molecule has 1 fully saturated rings. The van der Waals surface area contributed by atoms with E-state index < -0.39 is 5.82 Å². The van der Waals surface area contributed by atoms with Crippen molar-refractivity contribution in [3.63, 3.8) is 0 Å². The van der Waals surface area contributed by atoms with Crippen LogP contribution in [-0.2, 0) is 0 Å². The maximum absolute atomic E-state index is 13.4. The third-order valence-electron chi connectivity index (χ3n) is 5.15. The summed E-state index contributed by atoms with van der Waals surface area (Å²) in [5.74, 6) is -0.0166. The maximum atomic E-state index is 13.4. The van der Waals surface area contributed by atoms with Gasteiger partial charge >= 0.3 is 6.03 Å². The Labute approximate surface area is 203 Å². The Morgan fingerprint density at radius 1 is 1.21 bits per heavy atom. The highest BCUT2D eigenvalue weighted by molar-refractivity contribution is 6.33. The first-order chi connectivity index (χ1) is 15.3. The second-order valence-corrected chi connectivity index (χ2v) is 8.50. The third-order valence-corrected chi connectivity index (χ3v) is 5.70. The van der Waals surface area contributed by atoms with Gasteiger partial charge in [-0.25, -0.2) is 14.2 Å². The molecule has 2 aromatic carbocycles. The molecular formula is C23H27Cl2FN6O. The number of carbonyl (C=O) groups excluding carboxylic acids is 1. The molecule has 0 aliphatic carbocycles. The standard InChI is InChI=1S/C22H23Cl2FN6O.CH4/c1-14(2)20-12-30(22(32)28-17-6-3-15(23)4-7-17)9-10-31(20)21(27-13-26)29-19-8-5-16(25)11-18(19)24;/h3-8,11,14,20H,9-10,12H2,1-2H3,(H,27,29)(H,28,32);1H4/t20-;/m0./s1. The normalized spacial score (nSPS) is 16.2. The molecule has 176 valence electrons. The molecule has 7 nitrogen and oxygen atoms in total. The van der Waals surface area contributed by atoms with Crippen molar-refractivity contribution >= 4 is 46.6 Å². The number of guanidine groups is 1. The summed E-state index contributed by atoms with van der Waals surface area (Å²) in [6.07, 6.45) is 1.90. The summed E-state index contributed by atoms with van der Waals surface area (Å²) in [4.78, 5) is 20.9. The van der Waals surface area contributed by atoms with Crippen molar-refractivity contribution in [3.05, 3.63) is 58.3 Å². The van der Waals surface area contributed by atoms with Crippen molar-refractivity contribution < 1.29 is 9.18 Å². The van der Waals surface area contributed by atoms with Crippen LogP contribution in [-0.4, -0.2) is 47.5 Å². The van der Waals surface area contributed by atoms with Gasteiger partial charge in [0, 0.05) is 30.3 Å². The predicted octanol–water partition coefficient (Wildman–Crippen LogP) is 5.70. The highest BCUT2D eigenvalue weighted by Crippen LogP contribution is 2.27. The number of rotatable bonds is 3. The van der Waals surface area contributed by atoms with Crippen molar-refractivity contribution in [2.24, 2.45) is 10.9 Å². The van der Waals surface area contributed by atoms with Gasteiger partial charge < -0.3 is 15.1 Å². The first-order valence-corrected chi connectivity index (χ1v) is 10.8. The number of nitrogens with one attached hydrogen (secondary N) is 2. The monoisotopic (exact) mass is 492 g/mol. The molecule has 0 aromatic heterocycles. The molecule has 0 spiro atoms. The van der Waals surface area contributed by atoms with Gasteiger partial charge in [0.15, 0.2) is 6.19 Å². The van der Waals surface area contributed by atoms with Crippen LogP contribution in [0.25, 0.3) is 0 Å². The molecule has 1 aliphatic rings. The fraction of sp³-hybridized carbons (Fsp3) is 0.348. The van der Waals surface area contributed by atoms with Crippen LogP contribution in [0.3, 0.4) is 0 Å². The fourth-order valence-electron chi connectivity index (χ4n) is 3.46. The van der Waals surface area contributed by atoms with E-state index in [0.717, 1.165) is 0 Å². The van der Waals surface area contributed by atoms with E-state index in [4.69, 9.17) is 23.2 Å². The fourth-order valence-corrected chi connectivity index (χ4v) is 3.80. The molecule has 10 heteroatoms. The lowest BCUT2D eigenvalue weighted by Gasteiger charge is -2.44. The van der Waals surface area contributed by atoms with Gasteiger partial charge in [-0.1, -0.05) is 44.5 Å². The van der Waals surface area contributed by atoms with Gasteiger partial charge in [-0.05, 0) is 48.4 Å². The van der Waals surface area contributed by atoms with Crippen LogP contribution < -0.4 is 10.6 Å². The van der Waals surface area contributed by atoms with Crippen molar-refractivity contribution in [1.29, 1.82) is 5.26 Å². The smallest absolute Gasteiger partial charge is 0.321 e. The zero-order valence-electron chi connectivity index (χ0n) is 17.6. The van der Waals surface area contributed by atoms with Crippen LogP contribution >= 0.6 is 23.2 Å². The summed E-state index contributed by atoms with van der Waals surface area (Å²) in [7, 11) is 0. The van der Waals surface area contributed by atoms with Gasteiger partial charge in [0.1, 0.15) is 5.82 Å². The van der Waals surface area contributed by atoms with E-state index in [1.54, 1.807) is 29.2 Å². The lowest BCUT2D eigenvalue weighted by atomic mass is 10.00. The number of amides is 2. The van der Waals surface area contributed by atoms with Crippen molar-refractivity contribution in [2.45, 2.75) is 27.3 Å². The van der Waals surface area contributed by atoms with E-state index >= 15 is 0 Å². The van der Waals surface area contributed by atoms with Gasteiger partial charge in [0.2, 0.25) is 5.96 Å². The van der Waals surface area contributed by atoms with E-state index in [1.165, 1.54) is 18.2 Å². The second kappa shape index (κ2) is 11.7. The molecule has 1 heterocycles. The first kappa shape index (κ1) is 26.2. The lowest BCUT2D eigenvalue weighted by molar-refractivity contribution is 0.118. The quantitative estimate of drug-likeness (QED) is 0.249. The molecule has 33 heavy (non-hydrogen) atoms. The van der Waals surface area contributed by atoms with Crippen LogP contribution in [0.15, 0.2) is 47.5 Å². The lowest BCUT2D eigenvalue weighted by Crippen LogP contribution is -2.60. The van der Waals surface area contributed by atoms with Gasteiger partial charge in [0.25, 0.3) is 0 Å². The molecule has 0 bridgehead atoms. The SMILES string of the molecule is C.CC(C)[C@@H]1CN(C(=O)Nc2ccc(Cl)cc2)CCN1C(=Nc1ccc(F)cc1Cl)NC#N. The molecule has 2 N–H and O–H groups in total. The van der Waals surface area contributed by atoms with Gasteiger partial charge in [-0.2, -0.15) is 5.26 Å². The van der Waals surface area contributed by atoms with Crippen LogP contribution in [0.1, 0.15) is 21.3 Å². The minimum absolute atomic E-state index is 0. The molecule has 1 aliphatic heterocycles. The molecule has 3 rings (SSSR count). The number of nitriles is 1. The number of urea groups is 1. The zero-order valence-corrected chi connectivity index (χ0v) is 19.2. The molecule has 1 atom stereocenters. The number of carbonyl (C=O) groups is 1. The zero-order chi connectivity index (χ0) is 23.3. The van der Waals surface area contributed by atoms with Crippen LogP contribution in [0, 0.1) is 23.2 Å². The molecule has 2 amide bonds. The molecule has 1 saturated heterocycles. The van der Waals surface area contributed by atoms with E-state index in [0.29, 0.717) is 42.0 Å². The maximum Gasteiger partial charge on any atom is 0.321 e. The Kier molecular flexibility index (Phi) is 9.32. The number of hydrogen-bond donors (Lipinski definition) is 2. The Bertz CT molecular complexity index is 1040. The van der Waals surface area contributed by atoms with E-state index in [1.807, 2.05) is 24.9 Å². The predicted molar refractivity (Wildman–Crippen MR) is 131 cm³/mol. The molecule has 0 saturated carbocycles. The summed E-state index contributed by atoms with van der Waals surface area (Å²) in [5, 5.41) is 15.5. The van der Waals surface area contributed by atoms with Gasteiger partial charge in [-0.15, -0.1) is 0 Å². The molecule has 2 aromatic rings. The minimum atomic E-state index is -0.468. The Hall–Kier alpha value is -3.02. The number of halogens is 3. The Morgan fingerprint density at radius 2 is 1.91 bits per heavy atom. The summed E-state index contributed by atoms with van der Waals surface area (Å²) >= 11 is 12.0. The average molecular weight is 493 g/mol. The van der Waals surface area contributed by atoms with Crippen LogP contribution in [0.4, 0.5) is 20.6 Å². The van der Waals surface area contributed by atoms with Crippen LogP contribution in [0.5, 0.6) is 0 Å². The van der Waals surface area contributed by atoms with Crippen molar-refractivity contribution in [1.82, 2.24) is 15.1 Å². The molecular weight excluding hydrogens is 466 g/mol. The number of hydrogen-bond acceptors (Lipinski definition) is 3. The Morgan fingerprint density at radius 3 is 2.52 bits per heavy atom. The number of nitrogens with zero attached hydrogens (tertiary/aromatic N) is 4. The number of piperazine rings is 1. The van der Waals surface area contributed by atoms with E-state index in [-0.39, 0.29) is 30.4 Å². The van der Waals surface area contributed by atoms with Crippen molar-refractivity contribution in [2.75, 3.05) is 25.0 Å². The highest BCUT2D eigenvalue weighted by Gasteiger charge is 2.33. The summed E-state index contributed by atoms with van der Waals surface area (Å²) in [6.45, 7) is 5.37.